The van der Waals surface area contributed by atoms with E-state index >= 15 is 0 Å². The van der Waals surface area contributed by atoms with Gasteiger partial charge in [-0.25, -0.2) is 4.39 Å². The maximum absolute atomic E-state index is 13.8. The van der Waals surface area contributed by atoms with Crippen molar-refractivity contribution in [2.45, 2.75) is 6.61 Å². The first kappa shape index (κ1) is 16.9. The molecule has 3 rings (SSSR count). The Hall–Kier alpha value is -2.99. The van der Waals surface area contributed by atoms with Gasteiger partial charge >= 0.3 is 0 Å². The van der Waals surface area contributed by atoms with Gasteiger partial charge in [0.1, 0.15) is 18.2 Å². The van der Waals surface area contributed by atoms with E-state index in [1.165, 1.54) is 6.07 Å². The van der Waals surface area contributed by atoms with Crippen molar-refractivity contribution >= 4 is 16.8 Å². The van der Waals surface area contributed by atoms with Crippen molar-refractivity contribution in [3.05, 3.63) is 71.7 Å². The summed E-state index contributed by atoms with van der Waals surface area (Å²) in [5.41, 5.74) is 1.83. The van der Waals surface area contributed by atoms with Crippen molar-refractivity contribution in [2.75, 3.05) is 13.2 Å². The molecule has 2 N–H and O–H groups in total. The highest BCUT2D eigenvalue weighted by Gasteiger charge is 2.08. The molecule has 0 spiro atoms. The molecule has 0 fully saturated rings. The van der Waals surface area contributed by atoms with E-state index < -0.39 is 0 Å². The van der Waals surface area contributed by atoms with E-state index in [2.05, 4.69) is 10.3 Å². The molecule has 25 heavy (non-hydrogen) atoms. The summed E-state index contributed by atoms with van der Waals surface area (Å²) in [7, 11) is 0. The molecule has 5 nitrogen and oxygen atoms in total. The third kappa shape index (κ3) is 3.92. The van der Waals surface area contributed by atoms with Gasteiger partial charge in [-0.3, -0.25) is 9.78 Å². The van der Waals surface area contributed by atoms with E-state index in [1.54, 1.807) is 48.7 Å². The molecule has 128 valence electrons. The summed E-state index contributed by atoms with van der Waals surface area (Å²) in [5.74, 6) is 0.0199. The van der Waals surface area contributed by atoms with Crippen LogP contribution < -0.4 is 10.1 Å². The molecule has 0 aliphatic carbocycles. The SMILES string of the molecule is O=C(NCCO)c1ccc(OCc2ccc(F)c3cccnc23)cc1. The van der Waals surface area contributed by atoms with Crippen LogP contribution in [-0.4, -0.2) is 29.1 Å². The number of halogens is 1. The lowest BCUT2D eigenvalue weighted by Crippen LogP contribution is -2.26. The highest BCUT2D eigenvalue weighted by Crippen LogP contribution is 2.21. The predicted octanol–water partition coefficient (Wildman–Crippen LogP) is 2.68. The Morgan fingerprint density at radius 1 is 1.16 bits per heavy atom. The molecule has 1 aromatic heterocycles. The van der Waals surface area contributed by atoms with Crippen LogP contribution in [0.2, 0.25) is 0 Å². The molecule has 0 radical (unpaired) electrons. The molecule has 0 bridgehead atoms. The zero-order valence-electron chi connectivity index (χ0n) is 13.4. The third-order valence-corrected chi connectivity index (χ3v) is 3.71. The summed E-state index contributed by atoms with van der Waals surface area (Å²) in [6, 6.07) is 13.1. The normalized spacial score (nSPS) is 10.6. The highest BCUT2D eigenvalue weighted by atomic mass is 19.1. The minimum absolute atomic E-state index is 0.105. The first-order valence-electron chi connectivity index (χ1n) is 7.83. The lowest BCUT2D eigenvalue weighted by atomic mass is 10.1. The number of rotatable bonds is 6. The summed E-state index contributed by atoms with van der Waals surface area (Å²) in [6.07, 6.45) is 1.62. The second-order valence-corrected chi connectivity index (χ2v) is 5.40. The van der Waals surface area contributed by atoms with Crippen molar-refractivity contribution in [3.63, 3.8) is 0 Å². The molecule has 0 aliphatic heterocycles. The number of aliphatic hydroxyl groups is 1. The molecular weight excluding hydrogens is 323 g/mol. The first-order valence-corrected chi connectivity index (χ1v) is 7.83. The second kappa shape index (κ2) is 7.72. The van der Waals surface area contributed by atoms with E-state index in [0.29, 0.717) is 22.2 Å². The summed E-state index contributed by atoms with van der Waals surface area (Å²) < 4.78 is 19.5. The van der Waals surface area contributed by atoms with E-state index in [0.717, 1.165) is 5.56 Å². The van der Waals surface area contributed by atoms with E-state index in [4.69, 9.17) is 9.84 Å². The quantitative estimate of drug-likeness (QED) is 0.724. The number of nitrogens with zero attached hydrogens (tertiary/aromatic N) is 1. The molecule has 0 saturated carbocycles. The maximum atomic E-state index is 13.8. The van der Waals surface area contributed by atoms with Crippen LogP contribution in [0.5, 0.6) is 5.75 Å². The third-order valence-electron chi connectivity index (χ3n) is 3.71. The van der Waals surface area contributed by atoms with Crippen molar-refractivity contribution in [1.29, 1.82) is 0 Å². The van der Waals surface area contributed by atoms with Crippen LogP contribution >= 0.6 is 0 Å². The van der Waals surface area contributed by atoms with E-state index in [1.807, 2.05) is 0 Å². The van der Waals surface area contributed by atoms with Crippen LogP contribution in [-0.2, 0) is 6.61 Å². The van der Waals surface area contributed by atoms with Crippen LogP contribution in [0, 0.1) is 5.82 Å². The lowest BCUT2D eigenvalue weighted by molar-refractivity contribution is 0.0944. The number of carbonyl (C=O) groups is 1. The van der Waals surface area contributed by atoms with Crippen molar-refractivity contribution in [3.8, 4) is 5.75 Å². The Bertz CT molecular complexity index is 881. The number of hydrogen-bond acceptors (Lipinski definition) is 4. The zero-order valence-corrected chi connectivity index (χ0v) is 13.4. The largest absolute Gasteiger partial charge is 0.489 e. The summed E-state index contributed by atoms with van der Waals surface area (Å²) >= 11 is 0. The Morgan fingerprint density at radius 2 is 1.96 bits per heavy atom. The topological polar surface area (TPSA) is 71.5 Å². The van der Waals surface area contributed by atoms with Gasteiger partial charge in [-0.1, -0.05) is 6.07 Å². The number of amides is 1. The van der Waals surface area contributed by atoms with Crippen LogP contribution in [0.4, 0.5) is 4.39 Å². The minimum Gasteiger partial charge on any atom is -0.489 e. The lowest BCUT2D eigenvalue weighted by Gasteiger charge is -2.10. The maximum Gasteiger partial charge on any atom is 0.251 e. The number of ether oxygens (including phenoxy) is 1. The molecule has 0 aliphatic rings. The fourth-order valence-electron chi connectivity index (χ4n) is 2.45. The molecule has 0 atom stereocenters. The number of fused-ring (bicyclic) bond motifs is 1. The number of carbonyl (C=O) groups excluding carboxylic acids is 1. The zero-order chi connectivity index (χ0) is 17.6. The summed E-state index contributed by atoms with van der Waals surface area (Å²) in [5, 5.41) is 11.7. The Morgan fingerprint density at radius 3 is 2.72 bits per heavy atom. The van der Waals surface area contributed by atoms with Gasteiger partial charge in [0.05, 0.1) is 12.1 Å². The second-order valence-electron chi connectivity index (χ2n) is 5.40. The van der Waals surface area contributed by atoms with Crippen LogP contribution in [0.3, 0.4) is 0 Å². The van der Waals surface area contributed by atoms with Crippen LogP contribution in [0.1, 0.15) is 15.9 Å². The number of hydrogen-bond donors (Lipinski definition) is 2. The number of aliphatic hydroxyl groups excluding tert-OH is 1. The molecule has 0 unspecified atom stereocenters. The van der Waals surface area contributed by atoms with Crippen LogP contribution in [0.15, 0.2) is 54.7 Å². The highest BCUT2D eigenvalue weighted by molar-refractivity contribution is 5.94. The van der Waals surface area contributed by atoms with Gasteiger partial charge in [0.15, 0.2) is 0 Å². The van der Waals surface area contributed by atoms with E-state index in [9.17, 15) is 9.18 Å². The van der Waals surface area contributed by atoms with Gasteiger partial charge in [-0.05, 0) is 42.5 Å². The predicted molar refractivity (Wildman–Crippen MR) is 91.9 cm³/mol. The molecule has 0 saturated heterocycles. The van der Waals surface area contributed by atoms with Crippen LogP contribution in [0.25, 0.3) is 10.9 Å². The van der Waals surface area contributed by atoms with Gasteiger partial charge < -0.3 is 15.2 Å². The number of nitrogens with one attached hydrogen (secondary N) is 1. The Kier molecular flexibility index (Phi) is 5.20. The number of benzene rings is 2. The summed E-state index contributed by atoms with van der Waals surface area (Å²) in [6.45, 7) is 0.345. The fourth-order valence-corrected chi connectivity index (χ4v) is 2.45. The fraction of sp³-hybridized carbons (Fsp3) is 0.158. The van der Waals surface area contributed by atoms with Crippen molar-refractivity contribution in [2.24, 2.45) is 0 Å². The molecular formula is C19H17FN2O3. The molecule has 6 heteroatoms. The monoisotopic (exact) mass is 340 g/mol. The Balaban J connectivity index is 1.70. The molecule has 2 aromatic carbocycles. The summed E-state index contributed by atoms with van der Waals surface area (Å²) in [4.78, 5) is 16.0. The van der Waals surface area contributed by atoms with Gasteiger partial charge in [0, 0.05) is 29.3 Å². The molecule has 1 heterocycles. The van der Waals surface area contributed by atoms with Gasteiger partial charge in [0.2, 0.25) is 0 Å². The van der Waals surface area contributed by atoms with Gasteiger partial charge in [0.25, 0.3) is 5.91 Å². The average molecular weight is 340 g/mol. The Labute approximate surface area is 144 Å². The smallest absolute Gasteiger partial charge is 0.251 e. The van der Waals surface area contributed by atoms with Crippen molar-refractivity contribution in [1.82, 2.24) is 10.3 Å². The van der Waals surface area contributed by atoms with Gasteiger partial charge in [-0.2, -0.15) is 0 Å². The number of pyridine rings is 1. The molecule has 1 amide bonds. The first-order chi connectivity index (χ1) is 12.2. The van der Waals surface area contributed by atoms with Gasteiger partial charge in [-0.15, -0.1) is 0 Å². The number of aromatic nitrogens is 1. The minimum atomic E-state index is -0.315. The standard InChI is InChI=1S/C19H17FN2O3/c20-17-8-5-14(18-16(17)2-1-9-21-18)12-25-15-6-3-13(4-7-15)19(24)22-10-11-23/h1-9,23H,10-12H2,(H,22,24). The average Bonchev–Trinajstić information content (AvgIpc) is 2.66. The van der Waals surface area contributed by atoms with E-state index in [-0.39, 0.29) is 31.5 Å². The van der Waals surface area contributed by atoms with Crippen molar-refractivity contribution < 1.29 is 19.0 Å². The molecule has 3 aromatic rings.